The Balaban J connectivity index is 1.60. The first-order valence-corrected chi connectivity index (χ1v) is 15.2. The summed E-state index contributed by atoms with van der Waals surface area (Å²) in [5.41, 5.74) is 9.62. The van der Waals surface area contributed by atoms with Gasteiger partial charge in [-0.05, 0) is 79.6 Å². The zero-order valence-electron chi connectivity index (χ0n) is 24.9. The first kappa shape index (κ1) is 31.6. The molecule has 0 radical (unpaired) electrons. The third-order valence-electron chi connectivity index (χ3n) is 7.11. The number of hydrogen-bond donors (Lipinski definition) is 2. The highest BCUT2D eigenvalue weighted by atomic mass is 32.1. The molecule has 0 unspecified atom stereocenters. The minimum Gasteiger partial charge on any atom is -0.441 e. The number of benzene rings is 2. The molecule has 3 heterocycles. The summed E-state index contributed by atoms with van der Waals surface area (Å²) in [6.07, 6.45) is 2.98. The number of aryl methyl sites for hydroxylation is 3. The van der Waals surface area contributed by atoms with Gasteiger partial charge in [0, 0.05) is 17.0 Å². The number of halogens is 3. The average molecular weight is 633 g/mol. The monoisotopic (exact) mass is 632 g/mol. The highest BCUT2D eigenvalue weighted by molar-refractivity contribution is 7.17. The Morgan fingerprint density at radius 1 is 0.933 bits per heavy atom. The van der Waals surface area contributed by atoms with Crippen molar-refractivity contribution in [1.29, 1.82) is 0 Å². The fourth-order valence-electron chi connectivity index (χ4n) is 5.04. The third-order valence-corrected chi connectivity index (χ3v) is 8.21. The standard InChI is InChI=1S/C34H31F3N4O3S/c1-18(2)14-26-29(32(38)42)31(27-12-13-28(45-27)33(43)39-17-21-6-10-23(36)24(37)15-21)30(34-40-16-19(3)44-34)25(41-26)11-7-20-4-8-22(35)9-5-20/h4-6,8-10,12-13,15-16,18H,7,11,14,17H2,1-3H3,(H2,38,42)(H,39,43). The first-order chi connectivity index (χ1) is 21.5. The number of nitrogens with one attached hydrogen (secondary N) is 1. The van der Waals surface area contributed by atoms with Gasteiger partial charge in [0.15, 0.2) is 11.6 Å². The van der Waals surface area contributed by atoms with Crippen LogP contribution in [0.3, 0.4) is 0 Å². The molecule has 45 heavy (non-hydrogen) atoms. The quantitative estimate of drug-likeness (QED) is 0.160. The maximum absolute atomic E-state index is 13.7. The topological polar surface area (TPSA) is 111 Å². The number of hydrogen-bond acceptors (Lipinski definition) is 6. The van der Waals surface area contributed by atoms with E-state index in [9.17, 15) is 22.8 Å². The number of thiophene rings is 1. The second-order valence-electron chi connectivity index (χ2n) is 11.1. The van der Waals surface area contributed by atoms with E-state index in [1.165, 1.54) is 18.2 Å². The highest BCUT2D eigenvalue weighted by Crippen LogP contribution is 2.42. The number of primary amides is 1. The Hall–Kier alpha value is -4.77. The van der Waals surface area contributed by atoms with Gasteiger partial charge in [0.25, 0.3) is 11.8 Å². The van der Waals surface area contributed by atoms with E-state index in [1.54, 1.807) is 37.4 Å². The van der Waals surface area contributed by atoms with Crippen LogP contribution >= 0.6 is 11.3 Å². The molecule has 0 aliphatic heterocycles. The Bertz CT molecular complexity index is 1870. The summed E-state index contributed by atoms with van der Waals surface area (Å²) in [6.45, 7) is 5.76. The van der Waals surface area contributed by atoms with Gasteiger partial charge in [-0.2, -0.15) is 0 Å². The molecule has 2 aromatic carbocycles. The lowest BCUT2D eigenvalue weighted by molar-refractivity contribution is 0.0953. The molecule has 7 nitrogen and oxygen atoms in total. The van der Waals surface area contributed by atoms with E-state index in [1.807, 2.05) is 13.8 Å². The van der Waals surface area contributed by atoms with Crippen LogP contribution in [0.5, 0.6) is 0 Å². The minimum atomic E-state index is -1.00. The number of pyridine rings is 1. The van der Waals surface area contributed by atoms with E-state index in [4.69, 9.17) is 15.1 Å². The molecule has 232 valence electrons. The lowest BCUT2D eigenvalue weighted by Gasteiger charge is -2.19. The predicted octanol–water partition coefficient (Wildman–Crippen LogP) is 7.20. The van der Waals surface area contributed by atoms with Crippen LogP contribution in [0.4, 0.5) is 13.2 Å². The molecule has 0 aliphatic rings. The van der Waals surface area contributed by atoms with E-state index in [0.717, 1.165) is 29.0 Å². The average Bonchev–Trinajstić information content (AvgIpc) is 3.66. The minimum absolute atomic E-state index is 0.0159. The fourth-order valence-corrected chi connectivity index (χ4v) is 6.02. The SMILES string of the molecule is Cc1cnc(-c2c(CCc3ccc(F)cc3)nc(CC(C)C)c(C(N)=O)c2-c2ccc(C(=O)NCc3ccc(F)c(F)c3)s2)o1. The molecule has 0 bridgehead atoms. The summed E-state index contributed by atoms with van der Waals surface area (Å²) in [6, 6.07) is 13.0. The zero-order chi connectivity index (χ0) is 32.2. The number of amides is 2. The molecule has 5 aromatic rings. The Kier molecular flexibility index (Phi) is 9.48. The number of carbonyl (C=O) groups is 2. The van der Waals surface area contributed by atoms with Crippen LogP contribution in [0.1, 0.15) is 62.2 Å². The van der Waals surface area contributed by atoms with Crippen molar-refractivity contribution in [3.05, 3.63) is 117 Å². The second kappa shape index (κ2) is 13.5. The summed E-state index contributed by atoms with van der Waals surface area (Å²) in [5, 5.41) is 2.73. The summed E-state index contributed by atoms with van der Waals surface area (Å²) in [7, 11) is 0. The van der Waals surface area contributed by atoms with Crippen molar-refractivity contribution in [1.82, 2.24) is 15.3 Å². The summed E-state index contributed by atoms with van der Waals surface area (Å²) in [5.74, 6) is -2.47. The molecule has 5 rings (SSSR count). The molecule has 11 heteroatoms. The molecule has 0 saturated carbocycles. The van der Waals surface area contributed by atoms with Gasteiger partial charge in [0.2, 0.25) is 5.89 Å². The van der Waals surface area contributed by atoms with Crippen molar-refractivity contribution in [3.8, 4) is 21.9 Å². The van der Waals surface area contributed by atoms with Crippen molar-refractivity contribution in [3.63, 3.8) is 0 Å². The molecule has 0 fully saturated rings. The van der Waals surface area contributed by atoms with Crippen molar-refractivity contribution < 1.29 is 27.2 Å². The lowest BCUT2D eigenvalue weighted by atomic mass is 9.91. The van der Waals surface area contributed by atoms with Crippen molar-refractivity contribution in [2.75, 3.05) is 0 Å². The van der Waals surface area contributed by atoms with Crippen molar-refractivity contribution in [2.24, 2.45) is 11.7 Å². The van der Waals surface area contributed by atoms with Crippen LogP contribution in [0.25, 0.3) is 21.9 Å². The van der Waals surface area contributed by atoms with Crippen LogP contribution in [-0.4, -0.2) is 21.8 Å². The van der Waals surface area contributed by atoms with Gasteiger partial charge in [-0.25, -0.2) is 18.2 Å². The summed E-state index contributed by atoms with van der Waals surface area (Å²) >= 11 is 1.14. The van der Waals surface area contributed by atoms with Crippen LogP contribution in [0, 0.1) is 30.3 Å². The second-order valence-corrected chi connectivity index (χ2v) is 12.2. The van der Waals surface area contributed by atoms with Crippen molar-refractivity contribution in [2.45, 2.75) is 46.6 Å². The fraction of sp³-hybridized carbons (Fsp3) is 0.235. The number of nitrogens with zero attached hydrogens (tertiary/aromatic N) is 2. The van der Waals surface area contributed by atoms with Gasteiger partial charge in [0.05, 0.1) is 33.6 Å². The zero-order valence-corrected chi connectivity index (χ0v) is 25.7. The van der Waals surface area contributed by atoms with Gasteiger partial charge >= 0.3 is 0 Å². The van der Waals surface area contributed by atoms with E-state index in [0.29, 0.717) is 62.9 Å². The number of oxazole rings is 1. The molecule has 3 aromatic heterocycles. The maximum atomic E-state index is 13.7. The third kappa shape index (κ3) is 7.31. The Labute approximate surface area is 262 Å². The number of carbonyl (C=O) groups excluding carboxylic acids is 2. The molecule has 0 aliphatic carbocycles. The van der Waals surface area contributed by atoms with Crippen molar-refractivity contribution >= 4 is 23.2 Å². The molecule has 0 saturated heterocycles. The molecular weight excluding hydrogens is 601 g/mol. The van der Waals surface area contributed by atoms with E-state index >= 15 is 0 Å². The van der Waals surface area contributed by atoms with Gasteiger partial charge in [0.1, 0.15) is 11.6 Å². The van der Waals surface area contributed by atoms with Gasteiger partial charge in [-0.3, -0.25) is 14.6 Å². The van der Waals surface area contributed by atoms with Gasteiger partial charge in [-0.1, -0.05) is 32.0 Å². The van der Waals surface area contributed by atoms with E-state index < -0.39 is 23.4 Å². The smallest absolute Gasteiger partial charge is 0.261 e. The number of rotatable bonds is 11. The molecular formula is C34H31F3N4O3S. The normalized spacial score (nSPS) is 11.3. The largest absolute Gasteiger partial charge is 0.441 e. The highest BCUT2D eigenvalue weighted by Gasteiger charge is 2.29. The maximum Gasteiger partial charge on any atom is 0.261 e. The van der Waals surface area contributed by atoms with E-state index in [2.05, 4.69) is 10.3 Å². The van der Waals surface area contributed by atoms with Crippen LogP contribution in [-0.2, 0) is 25.8 Å². The first-order valence-electron chi connectivity index (χ1n) is 14.3. The van der Waals surface area contributed by atoms with E-state index in [-0.39, 0.29) is 29.7 Å². The van der Waals surface area contributed by atoms with Gasteiger partial charge < -0.3 is 15.5 Å². The molecule has 3 N–H and O–H groups in total. The molecule has 2 amide bonds. The van der Waals surface area contributed by atoms with Crippen LogP contribution in [0.15, 0.2) is 65.2 Å². The van der Waals surface area contributed by atoms with Gasteiger partial charge in [-0.15, -0.1) is 11.3 Å². The summed E-state index contributed by atoms with van der Waals surface area (Å²) < 4.78 is 46.5. The summed E-state index contributed by atoms with van der Waals surface area (Å²) in [4.78, 5) is 36.6. The van der Waals surface area contributed by atoms with Crippen LogP contribution < -0.4 is 11.1 Å². The Morgan fingerprint density at radius 3 is 2.31 bits per heavy atom. The molecule has 0 spiro atoms. The number of aromatic nitrogens is 2. The predicted molar refractivity (Wildman–Crippen MR) is 166 cm³/mol. The Morgan fingerprint density at radius 2 is 1.67 bits per heavy atom. The molecule has 0 atom stereocenters. The van der Waals surface area contributed by atoms with Crippen LogP contribution in [0.2, 0.25) is 0 Å². The lowest BCUT2D eigenvalue weighted by Crippen LogP contribution is -2.21. The number of nitrogens with two attached hydrogens (primary N) is 1.